The van der Waals surface area contributed by atoms with Crippen LogP contribution in [0.1, 0.15) is 119 Å². The third-order valence-corrected chi connectivity index (χ3v) is 10.00. The standard InChI is InChI=1S/C26H48/c1-7-10-19(4)22-14-15-23-21-13-12-20(11-8-2)25(5,17-9-3)24(21)16-18-26(22,23)6/h19-24H,7-18H2,1-6H3. The fourth-order valence-corrected chi connectivity index (χ4v) is 8.92. The number of hydrogen-bond acceptors (Lipinski definition) is 0. The molecule has 26 heavy (non-hydrogen) atoms. The molecule has 3 aliphatic carbocycles. The lowest BCUT2D eigenvalue weighted by Crippen LogP contribution is -2.52. The molecule has 0 aliphatic heterocycles. The Kier molecular flexibility index (Phi) is 6.51. The van der Waals surface area contributed by atoms with E-state index in [0.717, 1.165) is 35.5 Å². The van der Waals surface area contributed by atoms with Crippen molar-refractivity contribution in [2.45, 2.75) is 119 Å². The van der Waals surface area contributed by atoms with E-state index in [9.17, 15) is 0 Å². The first kappa shape index (κ1) is 20.7. The molecular weight excluding hydrogens is 312 g/mol. The summed E-state index contributed by atoms with van der Waals surface area (Å²) in [6.45, 7) is 15.3. The summed E-state index contributed by atoms with van der Waals surface area (Å²) in [5.74, 6) is 6.10. The summed E-state index contributed by atoms with van der Waals surface area (Å²) in [7, 11) is 0. The van der Waals surface area contributed by atoms with Gasteiger partial charge in [-0.3, -0.25) is 0 Å². The Labute approximate surface area is 165 Å². The third-order valence-electron chi connectivity index (χ3n) is 10.00. The molecule has 0 spiro atoms. The first-order valence-electron chi connectivity index (χ1n) is 12.4. The van der Waals surface area contributed by atoms with Crippen LogP contribution in [0.25, 0.3) is 0 Å². The Morgan fingerprint density at radius 1 is 0.846 bits per heavy atom. The van der Waals surface area contributed by atoms with E-state index in [0.29, 0.717) is 10.8 Å². The van der Waals surface area contributed by atoms with Gasteiger partial charge in [0.1, 0.15) is 0 Å². The van der Waals surface area contributed by atoms with Crippen LogP contribution in [0.3, 0.4) is 0 Å². The fourth-order valence-electron chi connectivity index (χ4n) is 8.92. The Morgan fingerprint density at radius 3 is 2.27 bits per heavy atom. The quantitative estimate of drug-likeness (QED) is 0.427. The highest BCUT2D eigenvalue weighted by molar-refractivity contribution is 5.08. The van der Waals surface area contributed by atoms with Crippen molar-refractivity contribution in [1.29, 1.82) is 0 Å². The molecule has 0 nitrogen and oxygen atoms in total. The van der Waals surface area contributed by atoms with Gasteiger partial charge in [-0.25, -0.2) is 0 Å². The molecule has 3 rings (SSSR count). The zero-order valence-corrected chi connectivity index (χ0v) is 18.9. The van der Waals surface area contributed by atoms with E-state index in [-0.39, 0.29) is 0 Å². The number of rotatable bonds is 7. The third kappa shape index (κ3) is 3.30. The summed E-state index contributed by atoms with van der Waals surface area (Å²) in [6.07, 6.45) is 17.8. The average molecular weight is 361 g/mol. The molecule has 0 aromatic heterocycles. The van der Waals surface area contributed by atoms with E-state index in [1.807, 2.05) is 0 Å². The lowest BCUT2D eigenvalue weighted by molar-refractivity contribution is -0.105. The second-order valence-electron chi connectivity index (χ2n) is 11.2. The minimum absolute atomic E-state index is 0.641. The van der Waals surface area contributed by atoms with Crippen LogP contribution in [0, 0.1) is 46.3 Å². The molecule has 0 aromatic rings. The fraction of sp³-hybridized carbons (Fsp3) is 1.00. The van der Waals surface area contributed by atoms with Gasteiger partial charge in [0.05, 0.1) is 0 Å². The predicted molar refractivity (Wildman–Crippen MR) is 115 cm³/mol. The van der Waals surface area contributed by atoms with Crippen LogP contribution >= 0.6 is 0 Å². The maximum atomic E-state index is 2.73. The SMILES string of the molecule is CCCC(C)C1CCC2C3CCC(CCC)C(C)(CCC)C3CCC12C. The van der Waals surface area contributed by atoms with E-state index in [1.165, 1.54) is 57.8 Å². The van der Waals surface area contributed by atoms with E-state index in [2.05, 4.69) is 41.5 Å². The van der Waals surface area contributed by atoms with Gasteiger partial charge in [0.25, 0.3) is 0 Å². The Morgan fingerprint density at radius 2 is 1.62 bits per heavy atom. The van der Waals surface area contributed by atoms with Crippen LogP contribution in [0.15, 0.2) is 0 Å². The lowest BCUT2D eigenvalue weighted by atomic mass is 9.45. The van der Waals surface area contributed by atoms with Crippen LogP contribution in [0.2, 0.25) is 0 Å². The van der Waals surface area contributed by atoms with Crippen molar-refractivity contribution in [2.24, 2.45) is 46.3 Å². The van der Waals surface area contributed by atoms with Gasteiger partial charge in [-0.1, -0.05) is 73.6 Å². The van der Waals surface area contributed by atoms with Crippen molar-refractivity contribution in [3.8, 4) is 0 Å². The number of fused-ring (bicyclic) bond motifs is 3. The summed E-state index contributed by atoms with van der Waals surface area (Å²) in [6, 6.07) is 0. The molecule has 0 heterocycles. The minimum atomic E-state index is 0.641. The average Bonchev–Trinajstić information content (AvgIpc) is 2.95. The molecule has 0 amide bonds. The van der Waals surface area contributed by atoms with Crippen LogP contribution < -0.4 is 0 Å². The minimum Gasteiger partial charge on any atom is -0.0654 e. The van der Waals surface area contributed by atoms with Crippen LogP contribution in [0.5, 0.6) is 0 Å². The topological polar surface area (TPSA) is 0 Å². The Balaban J connectivity index is 1.83. The lowest BCUT2D eigenvalue weighted by Gasteiger charge is -2.60. The molecule has 0 heteroatoms. The highest BCUT2D eigenvalue weighted by Gasteiger charge is 2.59. The normalized spacial score (nSPS) is 46.6. The molecule has 3 aliphatic rings. The molecule has 3 saturated carbocycles. The van der Waals surface area contributed by atoms with Gasteiger partial charge >= 0.3 is 0 Å². The molecule has 8 atom stereocenters. The maximum absolute atomic E-state index is 2.73. The Bertz CT molecular complexity index is 453. The van der Waals surface area contributed by atoms with Gasteiger partial charge in [0, 0.05) is 0 Å². The second-order valence-corrected chi connectivity index (χ2v) is 11.2. The summed E-state index contributed by atoms with van der Waals surface area (Å²) in [4.78, 5) is 0. The zero-order chi connectivity index (χ0) is 18.9. The molecule has 0 saturated heterocycles. The van der Waals surface area contributed by atoms with Gasteiger partial charge in [0.2, 0.25) is 0 Å². The van der Waals surface area contributed by atoms with Gasteiger partial charge in [-0.2, -0.15) is 0 Å². The van der Waals surface area contributed by atoms with Crippen molar-refractivity contribution >= 4 is 0 Å². The largest absolute Gasteiger partial charge is 0.0654 e. The summed E-state index contributed by atoms with van der Waals surface area (Å²) >= 11 is 0. The van der Waals surface area contributed by atoms with Gasteiger partial charge in [-0.15, -0.1) is 0 Å². The van der Waals surface area contributed by atoms with Crippen molar-refractivity contribution < 1.29 is 0 Å². The molecule has 8 unspecified atom stereocenters. The first-order chi connectivity index (χ1) is 12.4. The smallest absolute Gasteiger partial charge is 0.0264 e. The Hall–Kier alpha value is 0. The predicted octanol–water partition coefficient (Wildman–Crippen LogP) is 8.50. The molecule has 0 radical (unpaired) electrons. The molecule has 3 fully saturated rings. The molecule has 152 valence electrons. The van der Waals surface area contributed by atoms with Gasteiger partial charge in [0.15, 0.2) is 0 Å². The van der Waals surface area contributed by atoms with E-state index in [1.54, 1.807) is 19.3 Å². The van der Waals surface area contributed by atoms with E-state index >= 15 is 0 Å². The van der Waals surface area contributed by atoms with Crippen LogP contribution in [-0.4, -0.2) is 0 Å². The van der Waals surface area contributed by atoms with Gasteiger partial charge in [-0.05, 0) is 91.3 Å². The first-order valence-corrected chi connectivity index (χ1v) is 12.4. The highest BCUT2D eigenvalue weighted by Crippen LogP contribution is 2.67. The summed E-state index contributed by atoms with van der Waals surface area (Å²) < 4.78 is 0. The maximum Gasteiger partial charge on any atom is -0.0264 e. The molecule has 0 N–H and O–H groups in total. The second kappa shape index (κ2) is 8.16. The monoisotopic (exact) mass is 360 g/mol. The zero-order valence-electron chi connectivity index (χ0n) is 18.9. The van der Waals surface area contributed by atoms with E-state index < -0.39 is 0 Å². The molecular formula is C26H48. The summed E-state index contributed by atoms with van der Waals surface area (Å²) in [5, 5.41) is 0. The van der Waals surface area contributed by atoms with Crippen molar-refractivity contribution in [1.82, 2.24) is 0 Å². The van der Waals surface area contributed by atoms with Crippen LogP contribution in [-0.2, 0) is 0 Å². The van der Waals surface area contributed by atoms with Crippen molar-refractivity contribution in [2.75, 3.05) is 0 Å². The highest BCUT2D eigenvalue weighted by atomic mass is 14.6. The van der Waals surface area contributed by atoms with E-state index in [4.69, 9.17) is 0 Å². The van der Waals surface area contributed by atoms with Gasteiger partial charge < -0.3 is 0 Å². The number of hydrogen-bond donors (Lipinski definition) is 0. The van der Waals surface area contributed by atoms with Crippen LogP contribution in [0.4, 0.5) is 0 Å². The summed E-state index contributed by atoms with van der Waals surface area (Å²) in [5.41, 5.74) is 1.31. The van der Waals surface area contributed by atoms with Crippen molar-refractivity contribution in [3.05, 3.63) is 0 Å². The molecule has 0 bridgehead atoms. The molecule has 0 aromatic carbocycles. The van der Waals surface area contributed by atoms with Crippen molar-refractivity contribution in [3.63, 3.8) is 0 Å².